The standard InChI is InChI=1S/C5H6F3N2O/c1-10-2-4(9-3-10)11-5(6,7)8/h3H,2H2,1H3. The second-order valence-electron chi connectivity index (χ2n) is 2.10. The highest BCUT2D eigenvalue weighted by Gasteiger charge is 2.34. The Hall–Kier alpha value is -0.780. The average molecular weight is 167 g/mol. The van der Waals surface area contributed by atoms with Gasteiger partial charge in [0.25, 0.3) is 0 Å². The van der Waals surface area contributed by atoms with Crippen molar-refractivity contribution in [2.75, 3.05) is 13.6 Å². The van der Waals surface area contributed by atoms with Crippen molar-refractivity contribution < 1.29 is 17.9 Å². The van der Waals surface area contributed by atoms with E-state index in [1.165, 1.54) is 11.6 Å². The SMILES string of the molecule is CN1[CH]N=C(OC(F)(F)F)C1. The van der Waals surface area contributed by atoms with Gasteiger partial charge in [-0.25, -0.2) is 4.99 Å². The van der Waals surface area contributed by atoms with Crippen LogP contribution in [0.3, 0.4) is 0 Å². The number of ether oxygens (including phenoxy) is 1. The molecular formula is C5H6F3N2O. The molecule has 0 bridgehead atoms. The lowest BCUT2D eigenvalue weighted by Crippen LogP contribution is -2.24. The van der Waals surface area contributed by atoms with Crippen LogP contribution in [-0.2, 0) is 4.74 Å². The van der Waals surface area contributed by atoms with Crippen molar-refractivity contribution in [2.45, 2.75) is 6.36 Å². The first kappa shape index (κ1) is 8.32. The summed E-state index contributed by atoms with van der Waals surface area (Å²) in [5.41, 5.74) is 0. The molecule has 0 amide bonds. The Kier molecular flexibility index (Phi) is 2.03. The van der Waals surface area contributed by atoms with Gasteiger partial charge in [-0.1, -0.05) is 0 Å². The van der Waals surface area contributed by atoms with Crippen LogP contribution in [0.1, 0.15) is 0 Å². The van der Waals surface area contributed by atoms with Crippen molar-refractivity contribution >= 4 is 5.90 Å². The molecule has 63 valence electrons. The largest absolute Gasteiger partial charge is 0.574 e. The molecule has 0 unspecified atom stereocenters. The molecule has 0 fully saturated rings. The Balaban J connectivity index is 2.40. The van der Waals surface area contributed by atoms with Crippen LogP contribution >= 0.6 is 0 Å². The molecule has 1 rings (SSSR count). The molecule has 0 aromatic rings. The number of hydrogen-bond acceptors (Lipinski definition) is 3. The van der Waals surface area contributed by atoms with E-state index in [0.717, 1.165) is 0 Å². The molecule has 0 aromatic heterocycles. The second-order valence-corrected chi connectivity index (χ2v) is 2.10. The lowest BCUT2D eigenvalue weighted by molar-refractivity contribution is -0.283. The van der Waals surface area contributed by atoms with Gasteiger partial charge in [0.05, 0.1) is 6.54 Å². The summed E-state index contributed by atoms with van der Waals surface area (Å²) < 4.78 is 38.0. The minimum absolute atomic E-state index is 0.0690. The van der Waals surface area contributed by atoms with Gasteiger partial charge >= 0.3 is 6.36 Å². The Morgan fingerprint density at radius 1 is 1.64 bits per heavy atom. The third-order valence-electron chi connectivity index (χ3n) is 1.02. The normalized spacial score (nSPS) is 20.2. The highest BCUT2D eigenvalue weighted by Crippen LogP contribution is 2.18. The molecule has 0 atom stereocenters. The maximum absolute atomic E-state index is 11.5. The molecule has 6 heteroatoms. The Morgan fingerprint density at radius 2 is 2.27 bits per heavy atom. The van der Waals surface area contributed by atoms with Crippen LogP contribution in [0, 0.1) is 6.67 Å². The van der Waals surface area contributed by atoms with E-state index in [0.29, 0.717) is 0 Å². The molecule has 1 aliphatic heterocycles. The lowest BCUT2D eigenvalue weighted by atomic mass is 10.6. The van der Waals surface area contributed by atoms with Crippen molar-refractivity contribution in [3.05, 3.63) is 6.67 Å². The van der Waals surface area contributed by atoms with Gasteiger partial charge in [0.2, 0.25) is 5.90 Å². The van der Waals surface area contributed by atoms with Gasteiger partial charge < -0.3 is 4.74 Å². The minimum atomic E-state index is -4.63. The maximum atomic E-state index is 11.5. The molecule has 0 aromatic carbocycles. The Morgan fingerprint density at radius 3 is 2.64 bits per heavy atom. The summed E-state index contributed by atoms with van der Waals surface area (Å²) in [6.07, 6.45) is -4.63. The fourth-order valence-corrected chi connectivity index (χ4v) is 0.650. The van der Waals surface area contributed by atoms with Crippen molar-refractivity contribution in [1.82, 2.24) is 4.90 Å². The summed E-state index contributed by atoms with van der Waals surface area (Å²) in [7, 11) is 1.61. The fraction of sp³-hybridized carbons (Fsp3) is 0.600. The van der Waals surface area contributed by atoms with Crippen molar-refractivity contribution in [1.29, 1.82) is 0 Å². The van der Waals surface area contributed by atoms with Gasteiger partial charge in [0.15, 0.2) is 0 Å². The molecule has 1 heterocycles. The number of halogens is 3. The number of nitrogens with zero attached hydrogens (tertiary/aromatic N) is 2. The molecule has 0 saturated carbocycles. The van der Waals surface area contributed by atoms with Gasteiger partial charge in [-0.05, 0) is 7.05 Å². The van der Waals surface area contributed by atoms with Crippen molar-refractivity contribution in [3.63, 3.8) is 0 Å². The predicted octanol–water partition coefficient (Wildman–Crippen LogP) is 0.986. The monoisotopic (exact) mass is 167 g/mol. The first-order valence-electron chi connectivity index (χ1n) is 2.83. The van der Waals surface area contributed by atoms with Gasteiger partial charge in [0.1, 0.15) is 6.67 Å². The van der Waals surface area contributed by atoms with E-state index in [1.54, 1.807) is 7.05 Å². The van der Waals surface area contributed by atoms with Gasteiger partial charge in [-0.2, -0.15) is 0 Å². The summed E-state index contributed by atoms with van der Waals surface area (Å²) in [6, 6.07) is 0. The van der Waals surface area contributed by atoms with E-state index >= 15 is 0 Å². The zero-order valence-electron chi connectivity index (χ0n) is 5.72. The first-order chi connectivity index (χ1) is 4.97. The number of rotatable bonds is 0. The summed E-state index contributed by atoms with van der Waals surface area (Å²) in [5.74, 6) is -0.319. The number of alkyl halides is 3. The fourth-order valence-electron chi connectivity index (χ4n) is 0.650. The highest BCUT2D eigenvalue weighted by atomic mass is 19.4. The van der Waals surface area contributed by atoms with Crippen LogP contribution in [0.15, 0.2) is 4.99 Å². The third-order valence-corrected chi connectivity index (χ3v) is 1.02. The average Bonchev–Trinajstić information content (AvgIpc) is 2.10. The van der Waals surface area contributed by atoms with E-state index < -0.39 is 6.36 Å². The molecule has 0 saturated heterocycles. The number of likely N-dealkylation sites (N-methyl/N-ethyl adjacent to an activating group) is 1. The van der Waals surface area contributed by atoms with Crippen LogP contribution < -0.4 is 0 Å². The molecule has 0 N–H and O–H groups in total. The van der Waals surface area contributed by atoms with Crippen molar-refractivity contribution in [2.24, 2.45) is 4.99 Å². The predicted molar refractivity (Wildman–Crippen MR) is 31.5 cm³/mol. The third kappa shape index (κ3) is 2.75. The Bertz CT molecular complexity index is 177. The van der Waals surface area contributed by atoms with E-state index in [1.807, 2.05) is 0 Å². The van der Waals surface area contributed by atoms with Gasteiger partial charge in [0, 0.05) is 0 Å². The molecule has 3 nitrogen and oxygen atoms in total. The second kappa shape index (κ2) is 2.69. The summed E-state index contributed by atoms with van der Waals surface area (Å²) in [4.78, 5) is 4.86. The van der Waals surface area contributed by atoms with Crippen molar-refractivity contribution in [3.8, 4) is 0 Å². The van der Waals surface area contributed by atoms with E-state index in [-0.39, 0.29) is 12.4 Å². The molecule has 11 heavy (non-hydrogen) atoms. The first-order valence-corrected chi connectivity index (χ1v) is 2.83. The van der Waals surface area contributed by atoms with Crippen LogP contribution in [-0.4, -0.2) is 30.8 Å². The summed E-state index contributed by atoms with van der Waals surface area (Å²) >= 11 is 0. The minimum Gasteiger partial charge on any atom is -0.391 e. The maximum Gasteiger partial charge on any atom is 0.574 e. The molecule has 0 aliphatic carbocycles. The van der Waals surface area contributed by atoms with E-state index in [9.17, 15) is 13.2 Å². The van der Waals surface area contributed by atoms with Crippen LogP contribution in [0.5, 0.6) is 0 Å². The van der Waals surface area contributed by atoms with Crippen LogP contribution in [0.25, 0.3) is 0 Å². The summed E-state index contributed by atoms with van der Waals surface area (Å²) in [6.45, 7) is 1.35. The van der Waals surface area contributed by atoms with Gasteiger partial charge in [-0.3, -0.25) is 4.90 Å². The summed E-state index contributed by atoms with van der Waals surface area (Å²) in [5, 5.41) is 0. The highest BCUT2D eigenvalue weighted by molar-refractivity contribution is 5.80. The molecular weight excluding hydrogens is 161 g/mol. The molecule has 1 aliphatic rings. The van der Waals surface area contributed by atoms with Crippen LogP contribution in [0.4, 0.5) is 13.2 Å². The zero-order chi connectivity index (χ0) is 8.48. The smallest absolute Gasteiger partial charge is 0.391 e. The lowest BCUT2D eigenvalue weighted by Gasteiger charge is -2.08. The molecule has 0 spiro atoms. The number of hydrogen-bond donors (Lipinski definition) is 0. The van der Waals surface area contributed by atoms with Crippen LogP contribution in [0.2, 0.25) is 0 Å². The zero-order valence-corrected chi connectivity index (χ0v) is 5.72. The van der Waals surface area contributed by atoms with E-state index in [2.05, 4.69) is 9.73 Å². The van der Waals surface area contributed by atoms with Gasteiger partial charge in [-0.15, -0.1) is 13.2 Å². The molecule has 1 radical (unpaired) electrons. The van der Waals surface area contributed by atoms with E-state index in [4.69, 9.17) is 0 Å². The number of aliphatic imine (C=N–C) groups is 1. The topological polar surface area (TPSA) is 24.8 Å². The Labute approximate surface area is 61.5 Å². The quantitative estimate of drug-likeness (QED) is 0.537.